The van der Waals surface area contributed by atoms with E-state index in [4.69, 9.17) is 9.47 Å². The molecule has 0 saturated heterocycles. The van der Waals surface area contributed by atoms with Crippen LogP contribution in [-0.2, 0) is 20.7 Å². The van der Waals surface area contributed by atoms with E-state index < -0.39 is 11.8 Å². The van der Waals surface area contributed by atoms with Crippen LogP contribution in [0.2, 0.25) is 0 Å². The van der Waals surface area contributed by atoms with Crippen molar-refractivity contribution in [3.8, 4) is 5.75 Å². The number of Topliss-reactive ketones (excluding diaryl/α,β-unsaturated/α-hetero) is 1. The lowest BCUT2D eigenvalue weighted by Crippen LogP contribution is -2.22. The van der Waals surface area contributed by atoms with Gasteiger partial charge in [-0.05, 0) is 43.9 Å². The topological polar surface area (TPSA) is 52.6 Å². The monoisotopic (exact) mass is 278 g/mol. The van der Waals surface area contributed by atoms with Gasteiger partial charge in [0.05, 0.1) is 13.2 Å². The second kappa shape index (κ2) is 8.35. The molecule has 0 bridgehead atoms. The zero-order valence-electron chi connectivity index (χ0n) is 12.3. The van der Waals surface area contributed by atoms with E-state index in [9.17, 15) is 9.59 Å². The Bertz CT molecular complexity index is 436. The second-order valence-corrected chi connectivity index (χ2v) is 4.75. The van der Waals surface area contributed by atoms with Crippen molar-refractivity contribution >= 4 is 11.8 Å². The van der Waals surface area contributed by atoms with Crippen LogP contribution in [0.25, 0.3) is 0 Å². The SMILES string of the molecule is CCC(C)OC(=O)C(=O)CCCc1ccc(OC)cc1. The molecule has 0 spiro atoms. The lowest BCUT2D eigenvalue weighted by molar-refractivity contribution is -0.157. The average molecular weight is 278 g/mol. The van der Waals surface area contributed by atoms with E-state index in [0.717, 1.165) is 17.7 Å². The average Bonchev–Trinajstić information content (AvgIpc) is 2.47. The number of ketones is 1. The molecule has 0 N–H and O–H groups in total. The smallest absolute Gasteiger partial charge is 0.374 e. The van der Waals surface area contributed by atoms with Gasteiger partial charge < -0.3 is 9.47 Å². The molecule has 1 rings (SSSR count). The van der Waals surface area contributed by atoms with Gasteiger partial charge in [-0.15, -0.1) is 0 Å². The number of ether oxygens (including phenoxy) is 2. The summed E-state index contributed by atoms with van der Waals surface area (Å²) in [5.74, 6) is -0.352. The van der Waals surface area contributed by atoms with Crippen LogP contribution in [0, 0.1) is 0 Å². The van der Waals surface area contributed by atoms with E-state index in [2.05, 4.69) is 0 Å². The first-order valence-electron chi connectivity index (χ1n) is 6.93. The van der Waals surface area contributed by atoms with Gasteiger partial charge in [-0.1, -0.05) is 19.1 Å². The summed E-state index contributed by atoms with van der Waals surface area (Å²) < 4.78 is 10.1. The largest absolute Gasteiger partial charge is 0.497 e. The van der Waals surface area contributed by atoms with Gasteiger partial charge in [0.2, 0.25) is 5.78 Å². The number of aryl methyl sites for hydroxylation is 1. The molecular formula is C16H22O4. The summed E-state index contributed by atoms with van der Waals surface area (Å²) in [6.07, 6.45) is 2.13. The first kappa shape index (κ1) is 16.2. The highest BCUT2D eigenvalue weighted by molar-refractivity contribution is 6.33. The van der Waals surface area contributed by atoms with E-state index in [1.807, 2.05) is 31.2 Å². The molecule has 0 heterocycles. The third-order valence-corrected chi connectivity index (χ3v) is 3.14. The maximum atomic E-state index is 11.6. The van der Waals surface area contributed by atoms with Gasteiger partial charge in [0.15, 0.2) is 0 Å². The molecule has 1 atom stereocenters. The first-order valence-corrected chi connectivity index (χ1v) is 6.93. The Kier molecular flexibility index (Phi) is 6.77. The fraction of sp³-hybridized carbons (Fsp3) is 0.500. The Balaban J connectivity index is 2.32. The minimum atomic E-state index is -0.714. The molecule has 0 fully saturated rings. The Morgan fingerprint density at radius 1 is 1.20 bits per heavy atom. The molecule has 0 aliphatic carbocycles. The minimum absolute atomic E-state index is 0.201. The van der Waals surface area contributed by atoms with E-state index in [-0.39, 0.29) is 12.5 Å². The quantitative estimate of drug-likeness (QED) is 0.542. The Hall–Kier alpha value is -1.84. The van der Waals surface area contributed by atoms with Crippen LogP contribution in [0.1, 0.15) is 38.7 Å². The number of esters is 1. The standard InChI is InChI=1S/C16H22O4/c1-4-12(2)20-16(18)15(17)7-5-6-13-8-10-14(19-3)11-9-13/h8-12H,4-7H2,1-3H3. The summed E-state index contributed by atoms with van der Waals surface area (Å²) in [5, 5.41) is 0. The summed E-state index contributed by atoms with van der Waals surface area (Å²) in [5.41, 5.74) is 1.12. The number of carbonyl (C=O) groups is 2. The number of rotatable bonds is 8. The van der Waals surface area contributed by atoms with Crippen molar-refractivity contribution in [2.45, 2.75) is 45.6 Å². The van der Waals surface area contributed by atoms with Crippen LogP contribution in [-0.4, -0.2) is 25.0 Å². The molecule has 0 saturated carbocycles. The van der Waals surface area contributed by atoms with Crippen molar-refractivity contribution in [3.63, 3.8) is 0 Å². The molecule has 4 nitrogen and oxygen atoms in total. The molecule has 20 heavy (non-hydrogen) atoms. The molecule has 0 aliphatic rings. The van der Waals surface area contributed by atoms with Gasteiger partial charge in [-0.3, -0.25) is 4.79 Å². The van der Waals surface area contributed by atoms with Gasteiger partial charge >= 0.3 is 5.97 Å². The lowest BCUT2D eigenvalue weighted by atomic mass is 10.1. The van der Waals surface area contributed by atoms with Crippen LogP contribution < -0.4 is 4.74 Å². The molecule has 110 valence electrons. The van der Waals surface area contributed by atoms with Crippen LogP contribution in [0.4, 0.5) is 0 Å². The van der Waals surface area contributed by atoms with E-state index >= 15 is 0 Å². The highest BCUT2D eigenvalue weighted by atomic mass is 16.5. The molecule has 0 radical (unpaired) electrons. The number of hydrogen-bond donors (Lipinski definition) is 0. The molecule has 4 heteroatoms. The van der Waals surface area contributed by atoms with E-state index in [0.29, 0.717) is 12.8 Å². The normalized spacial score (nSPS) is 11.8. The van der Waals surface area contributed by atoms with Gasteiger partial charge in [0.25, 0.3) is 0 Å². The van der Waals surface area contributed by atoms with Crippen molar-refractivity contribution in [2.75, 3.05) is 7.11 Å². The summed E-state index contributed by atoms with van der Waals surface area (Å²) in [6, 6.07) is 7.68. The highest BCUT2D eigenvalue weighted by Gasteiger charge is 2.17. The molecular weight excluding hydrogens is 256 g/mol. The first-order chi connectivity index (χ1) is 9.56. The third kappa shape index (κ3) is 5.43. The van der Waals surface area contributed by atoms with Crippen LogP contribution in [0.15, 0.2) is 24.3 Å². The van der Waals surface area contributed by atoms with Gasteiger partial charge in [-0.25, -0.2) is 4.79 Å². The summed E-state index contributed by atoms with van der Waals surface area (Å²) in [4.78, 5) is 23.0. The Morgan fingerprint density at radius 3 is 2.40 bits per heavy atom. The molecule has 1 unspecified atom stereocenters. The van der Waals surface area contributed by atoms with Gasteiger partial charge in [-0.2, -0.15) is 0 Å². The number of methoxy groups -OCH3 is 1. The number of hydrogen-bond acceptors (Lipinski definition) is 4. The summed E-state index contributed by atoms with van der Waals surface area (Å²) in [7, 11) is 1.62. The highest BCUT2D eigenvalue weighted by Crippen LogP contribution is 2.13. The molecule has 0 amide bonds. The zero-order valence-corrected chi connectivity index (χ0v) is 12.3. The van der Waals surface area contributed by atoms with Crippen molar-refractivity contribution in [3.05, 3.63) is 29.8 Å². The Morgan fingerprint density at radius 2 is 1.85 bits per heavy atom. The van der Waals surface area contributed by atoms with E-state index in [1.54, 1.807) is 14.0 Å². The number of carbonyl (C=O) groups excluding carboxylic acids is 2. The van der Waals surface area contributed by atoms with Crippen LogP contribution in [0.5, 0.6) is 5.75 Å². The van der Waals surface area contributed by atoms with Crippen LogP contribution >= 0.6 is 0 Å². The molecule has 1 aromatic carbocycles. The second-order valence-electron chi connectivity index (χ2n) is 4.75. The maximum absolute atomic E-state index is 11.6. The van der Waals surface area contributed by atoms with E-state index in [1.165, 1.54) is 0 Å². The maximum Gasteiger partial charge on any atom is 0.374 e. The predicted octanol–water partition coefficient (Wildman–Crippen LogP) is 2.93. The lowest BCUT2D eigenvalue weighted by Gasteiger charge is -2.09. The molecule has 0 aromatic heterocycles. The summed E-state index contributed by atoms with van der Waals surface area (Å²) in [6.45, 7) is 3.69. The minimum Gasteiger partial charge on any atom is -0.497 e. The zero-order chi connectivity index (χ0) is 15.0. The van der Waals surface area contributed by atoms with Gasteiger partial charge in [0, 0.05) is 6.42 Å². The molecule has 1 aromatic rings. The van der Waals surface area contributed by atoms with Crippen molar-refractivity contribution in [1.82, 2.24) is 0 Å². The predicted molar refractivity (Wildman–Crippen MR) is 76.8 cm³/mol. The van der Waals surface area contributed by atoms with Crippen molar-refractivity contribution < 1.29 is 19.1 Å². The fourth-order valence-electron chi connectivity index (χ4n) is 1.68. The molecule has 0 aliphatic heterocycles. The third-order valence-electron chi connectivity index (χ3n) is 3.14. The summed E-state index contributed by atoms with van der Waals surface area (Å²) >= 11 is 0. The number of benzene rings is 1. The van der Waals surface area contributed by atoms with Crippen LogP contribution in [0.3, 0.4) is 0 Å². The Labute approximate surface area is 120 Å². The van der Waals surface area contributed by atoms with Gasteiger partial charge in [0.1, 0.15) is 5.75 Å². The van der Waals surface area contributed by atoms with Crippen molar-refractivity contribution in [1.29, 1.82) is 0 Å². The fourth-order valence-corrected chi connectivity index (χ4v) is 1.68. The van der Waals surface area contributed by atoms with Crippen molar-refractivity contribution in [2.24, 2.45) is 0 Å².